The van der Waals surface area contributed by atoms with Gasteiger partial charge in [-0.3, -0.25) is 19.3 Å². The molecular formula is C21H29N4O4+. The van der Waals surface area contributed by atoms with Gasteiger partial charge in [0.1, 0.15) is 6.54 Å². The Kier molecular flexibility index (Phi) is 6.32. The Morgan fingerprint density at radius 1 is 1.10 bits per heavy atom. The molecule has 29 heavy (non-hydrogen) atoms. The highest BCUT2D eigenvalue weighted by Gasteiger charge is 2.50. The van der Waals surface area contributed by atoms with E-state index >= 15 is 0 Å². The van der Waals surface area contributed by atoms with Crippen molar-refractivity contribution in [2.75, 3.05) is 20.8 Å². The van der Waals surface area contributed by atoms with Gasteiger partial charge < -0.3 is 10.2 Å². The van der Waals surface area contributed by atoms with Gasteiger partial charge in [0.05, 0.1) is 7.05 Å². The van der Waals surface area contributed by atoms with E-state index in [1.165, 1.54) is 4.90 Å². The maximum Gasteiger partial charge on any atom is 0.338 e. The van der Waals surface area contributed by atoms with Crippen LogP contribution >= 0.6 is 0 Å². The van der Waals surface area contributed by atoms with Gasteiger partial charge in [0.15, 0.2) is 6.67 Å². The molecule has 1 heterocycles. The summed E-state index contributed by atoms with van der Waals surface area (Å²) in [6.07, 6.45) is 3.79. The maximum atomic E-state index is 12.9. The number of hydrogen-bond donors (Lipinski definition) is 2. The summed E-state index contributed by atoms with van der Waals surface area (Å²) >= 11 is 0. The van der Waals surface area contributed by atoms with E-state index in [2.05, 4.69) is 5.32 Å². The van der Waals surface area contributed by atoms with Crippen molar-refractivity contribution in [1.29, 1.82) is 0 Å². The van der Waals surface area contributed by atoms with E-state index in [4.69, 9.17) is 0 Å². The summed E-state index contributed by atoms with van der Waals surface area (Å²) in [7, 11) is 3.44. The Bertz CT molecular complexity index is 807. The fourth-order valence-corrected chi connectivity index (χ4v) is 4.23. The highest BCUT2D eigenvalue weighted by molar-refractivity contribution is 6.44. The van der Waals surface area contributed by atoms with E-state index < -0.39 is 17.8 Å². The lowest BCUT2D eigenvalue weighted by atomic mass is 9.85. The zero-order chi connectivity index (χ0) is 21.1. The summed E-state index contributed by atoms with van der Waals surface area (Å²) in [5.74, 6) is -1.37. The molecule has 0 bridgehead atoms. The molecule has 8 heteroatoms. The van der Waals surface area contributed by atoms with Crippen LogP contribution in [0.1, 0.15) is 48.5 Å². The predicted octanol–water partition coefficient (Wildman–Crippen LogP) is 0.388. The van der Waals surface area contributed by atoms with Crippen LogP contribution in [0.4, 0.5) is 4.79 Å². The van der Waals surface area contributed by atoms with Gasteiger partial charge in [0.2, 0.25) is 0 Å². The Balaban J connectivity index is 1.64. The van der Waals surface area contributed by atoms with Crippen LogP contribution in [0.2, 0.25) is 0 Å². The van der Waals surface area contributed by atoms with Gasteiger partial charge >= 0.3 is 17.8 Å². The zero-order valence-corrected chi connectivity index (χ0v) is 17.2. The monoisotopic (exact) mass is 401 g/mol. The summed E-state index contributed by atoms with van der Waals surface area (Å²) in [6, 6.07) is 6.50. The molecular weight excluding hydrogens is 372 g/mol. The third-order valence-electron chi connectivity index (χ3n) is 5.86. The second kappa shape index (κ2) is 8.73. The van der Waals surface area contributed by atoms with Crippen LogP contribution in [-0.4, -0.2) is 60.4 Å². The number of quaternary nitrogens is 1. The number of imide groups is 2. The highest BCUT2D eigenvalue weighted by Crippen LogP contribution is 2.30. The summed E-state index contributed by atoms with van der Waals surface area (Å²) < 4.78 is 0. The second-order valence-corrected chi connectivity index (χ2v) is 8.09. The number of amides is 5. The van der Waals surface area contributed by atoms with Crippen molar-refractivity contribution < 1.29 is 24.1 Å². The molecule has 1 aromatic carbocycles. The van der Waals surface area contributed by atoms with Gasteiger partial charge in [0, 0.05) is 24.2 Å². The van der Waals surface area contributed by atoms with Crippen LogP contribution < -0.4 is 10.2 Å². The third kappa shape index (κ3) is 4.32. The Hall–Kier alpha value is -2.74. The van der Waals surface area contributed by atoms with E-state index in [1.807, 2.05) is 26.1 Å². The number of rotatable bonds is 6. The molecule has 2 fully saturated rings. The Morgan fingerprint density at radius 2 is 1.76 bits per heavy atom. The number of benzene rings is 1. The lowest BCUT2D eigenvalue weighted by molar-refractivity contribution is -0.901. The topological polar surface area (TPSA) is 91.2 Å². The van der Waals surface area contributed by atoms with E-state index in [9.17, 15) is 19.2 Å². The fraction of sp³-hybridized carbons (Fsp3) is 0.524. The van der Waals surface area contributed by atoms with Gasteiger partial charge in [-0.2, -0.15) is 0 Å². The van der Waals surface area contributed by atoms with Crippen molar-refractivity contribution in [3.63, 3.8) is 0 Å². The molecule has 1 aromatic rings. The second-order valence-electron chi connectivity index (χ2n) is 8.09. The van der Waals surface area contributed by atoms with Gasteiger partial charge in [-0.25, -0.2) is 9.69 Å². The first kappa shape index (κ1) is 21.0. The molecule has 1 saturated carbocycles. The zero-order valence-electron chi connectivity index (χ0n) is 17.2. The quantitative estimate of drug-likeness (QED) is 0.533. The molecule has 1 aliphatic heterocycles. The number of urea groups is 1. The minimum Gasteiger partial charge on any atom is -0.355 e. The predicted molar refractivity (Wildman–Crippen MR) is 106 cm³/mol. The third-order valence-corrected chi connectivity index (χ3v) is 5.86. The molecule has 2 aliphatic rings. The average molecular weight is 401 g/mol. The maximum absolute atomic E-state index is 12.9. The van der Waals surface area contributed by atoms with Crippen LogP contribution in [0.5, 0.6) is 0 Å². The average Bonchev–Trinajstić information content (AvgIpc) is 2.92. The standard InChI is InChI=1S/C21H28N4O4/c1-14-6-4-5-7-17(14)25-20(28)19(27)24(21(25)29)13-23(3)12-15-8-10-16(11-9-15)18(26)22-2/h8-11,14,17H,4-7,12-13H2,1-3H3,(H,22,26)/p+1/t14-,17+/m0/s1. The van der Waals surface area contributed by atoms with Crippen LogP contribution in [-0.2, 0) is 16.1 Å². The summed E-state index contributed by atoms with van der Waals surface area (Å²) in [4.78, 5) is 52.6. The van der Waals surface area contributed by atoms with Crippen molar-refractivity contribution in [2.45, 2.75) is 45.2 Å². The smallest absolute Gasteiger partial charge is 0.338 e. The highest BCUT2D eigenvalue weighted by atomic mass is 16.2. The minimum atomic E-state index is -0.734. The molecule has 0 spiro atoms. The Morgan fingerprint density at radius 3 is 2.38 bits per heavy atom. The molecule has 156 valence electrons. The normalized spacial score (nSPS) is 23.5. The van der Waals surface area contributed by atoms with Crippen molar-refractivity contribution in [3.05, 3.63) is 35.4 Å². The van der Waals surface area contributed by atoms with Crippen LogP contribution in [0.15, 0.2) is 24.3 Å². The lowest BCUT2D eigenvalue weighted by Crippen LogP contribution is -3.09. The SMILES string of the molecule is CNC(=O)c1ccc(C[NH+](C)CN2C(=O)C(=O)N([C@@H]3CCCC[C@@H]3C)C2=O)cc1. The first-order valence-corrected chi connectivity index (χ1v) is 10.1. The number of hydrogen-bond acceptors (Lipinski definition) is 4. The lowest BCUT2D eigenvalue weighted by Gasteiger charge is -2.34. The van der Waals surface area contributed by atoms with E-state index in [-0.39, 0.29) is 24.5 Å². The first-order valence-electron chi connectivity index (χ1n) is 10.1. The van der Waals surface area contributed by atoms with Gasteiger partial charge in [-0.15, -0.1) is 0 Å². The molecule has 1 unspecified atom stereocenters. The number of carbonyl (C=O) groups excluding carboxylic acids is 4. The molecule has 3 atom stereocenters. The van der Waals surface area contributed by atoms with Crippen molar-refractivity contribution in [2.24, 2.45) is 5.92 Å². The molecule has 5 amide bonds. The fourth-order valence-electron chi connectivity index (χ4n) is 4.23. The molecule has 1 saturated heterocycles. The number of carbonyl (C=O) groups is 4. The molecule has 0 radical (unpaired) electrons. The molecule has 8 nitrogen and oxygen atoms in total. The summed E-state index contributed by atoms with van der Waals surface area (Å²) in [5.41, 5.74) is 1.54. The van der Waals surface area contributed by atoms with Crippen LogP contribution in [0.3, 0.4) is 0 Å². The van der Waals surface area contributed by atoms with Gasteiger partial charge in [0.25, 0.3) is 5.91 Å². The summed E-state index contributed by atoms with van der Waals surface area (Å²) in [6.45, 7) is 2.72. The molecule has 2 N–H and O–H groups in total. The Labute approximate surface area is 170 Å². The van der Waals surface area contributed by atoms with E-state index in [0.717, 1.165) is 41.0 Å². The first-order chi connectivity index (χ1) is 13.8. The van der Waals surface area contributed by atoms with Crippen molar-refractivity contribution >= 4 is 23.8 Å². The molecule has 3 rings (SSSR count). The number of nitrogens with one attached hydrogen (secondary N) is 2. The van der Waals surface area contributed by atoms with E-state index in [0.29, 0.717) is 12.1 Å². The largest absolute Gasteiger partial charge is 0.355 e. The molecule has 0 aromatic heterocycles. The van der Waals surface area contributed by atoms with Crippen molar-refractivity contribution in [3.8, 4) is 0 Å². The van der Waals surface area contributed by atoms with Crippen molar-refractivity contribution in [1.82, 2.24) is 15.1 Å². The summed E-state index contributed by atoms with van der Waals surface area (Å²) in [5, 5.41) is 2.58. The number of nitrogens with zero attached hydrogens (tertiary/aromatic N) is 2. The minimum absolute atomic E-state index is 0.123. The van der Waals surface area contributed by atoms with E-state index in [1.54, 1.807) is 19.2 Å². The van der Waals surface area contributed by atoms with Gasteiger partial charge in [-0.05, 0) is 30.9 Å². The van der Waals surface area contributed by atoms with Gasteiger partial charge in [-0.1, -0.05) is 31.9 Å². The van der Waals surface area contributed by atoms with Crippen LogP contribution in [0.25, 0.3) is 0 Å². The molecule has 1 aliphatic carbocycles. The van der Waals surface area contributed by atoms with Crippen LogP contribution in [0, 0.1) is 5.92 Å².